The van der Waals surface area contributed by atoms with E-state index in [1.165, 1.54) is 6.92 Å². The van der Waals surface area contributed by atoms with Gasteiger partial charge in [-0.3, -0.25) is 9.78 Å². The van der Waals surface area contributed by atoms with Gasteiger partial charge in [0.05, 0.1) is 19.8 Å². The fraction of sp³-hybridized carbons (Fsp3) is 0.455. The van der Waals surface area contributed by atoms with E-state index < -0.39 is 0 Å². The highest BCUT2D eigenvalue weighted by atomic mass is 16.5. The first kappa shape index (κ1) is 11.8. The number of aromatic nitrogens is 1. The molecule has 82 valence electrons. The molecule has 0 amide bonds. The largest absolute Gasteiger partial charge is 0.382 e. The van der Waals surface area contributed by atoms with Gasteiger partial charge in [-0.05, 0) is 6.07 Å². The Bertz CT molecular complexity index is 325. The van der Waals surface area contributed by atoms with Crippen LogP contribution in [-0.2, 0) is 16.1 Å². The predicted molar refractivity (Wildman–Crippen MR) is 55.8 cm³/mol. The first-order valence-electron chi connectivity index (χ1n) is 4.77. The second-order valence-corrected chi connectivity index (χ2v) is 3.11. The number of pyridine rings is 1. The van der Waals surface area contributed by atoms with E-state index in [0.29, 0.717) is 25.5 Å². The minimum atomic E-state index is -0.0408. The zero-order valence-electron chi connectivity index (χ0n) is 9.03. The average Bonchev–Trinajstić information content (AvgIpc) is 2.25. The molecule has 1 aromatic rings. The van der Waals surface area contributed by atoms with Crippen LogP contribution in [0, 0.1) is 0 Å². The Kier molecular flexibility index (Phi) is 4.93. The van der Waals surface area contributed by atoms with Gasteiger partial charge in [0.1, 0.15) is 5.69 Å². The minimum Gasteiger partial charge on any atom is -0.382 e. The van der Waals surface area contributed by atoms with E-state index in [2.05, 4.69) is 4.98 Å². The Morgan fingerprint density at radius 3 is 2.93 bits per heavy atom. The molecule has 0 saturated carbocycles. The monoisotopic (exact) mass is 209 g/mol. The van der Waals surface area contributed by atoms with E-state index in [4.69, 9.17) is 9.47 Å². The first-order chi connectivity index (χ1) is 7.25. The summed E-state index contributed by atoms with van der Waals surface area (Å²) < 4.78 is 10.2. The molecule has 0 aliphatic rings. The third kappa shape index (κ3) is 3.77. The van der Waals surface area contributed by atoms with E-state index >= 15 is 0 Å². The average molecular weight is 209 g/mol. The van der Waals surface area contributed by atoms with Crippen molar-refractivity contribution in [2.75, 3.05) is 20.3 Å². The molecule has 0 fully saturated rings. The van der Waals surface area contributed by atoms with Crippen LogP contribution >= 0.6 is 0 Å². The molecule has 0 radical (unpaired) electrons. The quantitative estimate of drug-likeness (QED) is 0.525. The van der Waals surface area contributed by atoms with Gasteiger partial charge in [0, 0.05) is 25.8 Å². The Morgan fingerprint density at radius 1 is 1.47 bits per heavy atom. The van der Waals surface area contributed by atoms with Crippen molar-refractivity contribution in [3.63, 3.8) is 0 Å². The number of carbonyl (C=O) groups is 1. The summed E-state index contributed by atoms with van der Waals surface area (Å²) in [6.45, 7) is 2.96. The first-order valence-corrected chi connectivity index (χ1v) is 4.77. The molecule has 4 heteroatoms. The van der Waals surface area contributed by atoms with Crippen LogP contribution in [-0.4, -0.2) is 31.1 Å². The molecule has 0 N–H and O–H groups in total. The highest BCUT2D eigenvalue weighted by molar-refractivity contribution is 5.93. The van der Waals surface area contributed by atoms with Crippen molar-refractivity contribution in [2.45, 2.75) is 13.5 Å². The van der Waals surface area contributed by atoms with E-state index in [0.717, 1.165) is 5.56 Å². The second kappa shape index (κ2) is 6.27. The SMILES string of the molecule is COCCOCc1cccnc1C(C)=O. The molecule has 15 heavy (non-hydrogen) atoms. The fourth-order valence-electron chi connectivity index (χ4n) is 1.20. The van der Waals surface area contributed by atoms with Gasteiger partial charge in [-0.15, -0.1) is 0 Å². The van der Waals surface area contributed by atoms with Gasteiger partial charge in [0.15, 0.2) is 5.78 Å². The van der Waals surface area contributed by atoms with E-state index in [-0.39, 0.29) is 5.78 Å². The zero-order valence-corrected chi connectivity index (χ0v) is 9.03. The summed E-state index contributed by atoms with van der Waals surface area (Å²) >= 11 is 0. The fourth-order valence-corrected chi connectivity index (χ4v) is 1.20. The Balaban J connectivity index is 2.56. The van der Waals surface area contributed by atoms with Gasteiger partial charge < -0.3 is 9.47 Å². The molecular weight excluding hydrogens is 194 g/mol. The number of ether oxygens (including phenoxy) is 2. The topological polar surface area (TPSA) is 48.4 Å². The number of nitrogens with zero attached hydrogens (tertiary/aromatic N) is 1. The molecular formula is C11H15NO3. The number of carbonyl (C=O) groups excluding carboxylic acids is 1. The van der Waals surface area contributed by atoms with Crippen molar-refractivity contribution < 1.29 is 14.3 Å². The molecule has 0 saturated heterocycles. The number of Topliss-reactive ketones (excluding diaryl/α,β-unsaturated/α-hetero) is 1. The van der Waals surface area contributed by atoms with Crippen LogP contribution in [0.4, 0.5) is 0 Å². The molecule has 4 nitrogen and oxygen atoms in total. The van der Waals surface area contributed by atoms with Crippen LogP contribution in [0.5, 0.6) is 0 Å². The maximum atomic E-state index is 11.2. The molecule has 0 atom stereocenters. The number of hydrogen-bond donors (Lipinski definition) is 0. The summed E-state index contributed by atoms with van der Waals surface area (Å²) in [6, 6.07) is 3.64. The van der Waals surface area contributed by atoms with Crippen LogP contribution in [0.15, 0.2) is 18.3 Å². The number of ketones is 1. The van der Waals surface area contributed by atoms with Crippen molar-refractivity contribution in [1.82, 2.24) is 4.98 Å². The van der Waals surface area contributed by atoms with Crippen LogP contribution in [0.25, 0.3) is 0 Å². The number of methoxy groups -OCH3 is 1. The Morgan fingerprint density at radius 2 is 2.27 bits per heavy atom. The highest BCUT2D eigenvalue weighted by Crippen LogP contribution is 2.07. The van der Waals surface area contributed by atoms with Gasteiger partial charge in [0.25, 0.3) is 0 Å². The molecule has 0 spiro atoms. The van der Waals surface area contributed by atoms with Crippen molar-refractivity contribution in [3.05, 3.63) is 29.6 Å². The van der Waals surface area contributed by atoms with Crippen molar-refractivity contribution in [3.8, 4) is 0 Å². The van der Waals surface area contributed by atoms with Crippen LogP contribution in [0.2, 0.25) is 0 Å². The highest BCUT2D eigenvalue weighted by Gasteiger charge is 2.07. The summed E-state index contributed by atoms with van der Waals surface area (Å²) in [5, 5.41) is 0. The molecule has 0 unspecified atom stereocenters. The van der Waals surface area contributed by atoms with Crippen molar-refractivity contribution >= 4 is 5.78 Å². The lowest BCUT2D eigenvalue weighted by Crippen LogP contribution is -2.07. The van der Waals surface area contributed by atoms with E-state index in [1.807, 2.05) is 6.07 Å². The molecule has 1 heterocycles. The third-order valence-corrected chi connectivity index (χ3v) is 1.91. The van der Waals surface area contributed by atoms with Gasteiger partial charge in [-0.25, -0.2) is 0 Å². The molecule has 0 aliphatic carbocycles. The van der Waals surface area contributed by atoms with Gasteiger partial charge in [-0.1, -0.05) is 6.07 Å². The lowest BCUT2D eigenvalue weighted by molar-refractivity contribution is 0.0610. The van der Waals surface area contributed by atoms with Crippen molar-refractivity contribution in [2.24, 2.45) is 0 Å². The Labute approximate surface area is 89.2 Å². The molecule has 1 rings (SSSR count). The third-order valence-electron chi connectivity index (χ3n) is 1.91. The summed E-state index contributed by atoms with van der Waals surface area (Å²) in [7, 11) is 1.62. The summed E-state index contributed by atoms with van der Waals surface area (Å²) in [4.78, 5) is 15.2. The van der Waals surface area contributed by atoms with Crippen LogP contribution in [0.1, 0.15) is 23.0 Å². The predicted octanol–water partition coefficient (Wildman–Crippen LogP) is 1.45. The smallest absolute Gasteiger partial charge is 0.178 e. The van der Waals surface area contributed by atoms with Gasteiger partial charge in [-0.2, -0.15) is 0 Å². The normalized spacial score (nSPS) is 10.3. The Hall–Kier alpha value is -1.26. The second-order valence-electron chi connectivity index (χ2n) is 3.11. The summed E-state index contributed by atoms with van der Waals surface area (Å²) in [5.74, 6) is -0.0408. The summed E-state index contributed by atoms with van der Waals surface area (Å²) in [6.07, 6.45) is 1.61. The van der Waals surface area contributed by atoms with Crippen LogP contribution in [0.3, 0.4) is 0 Å². The number of rotatable bonds is 6. The molecule has 0 bridgehead atoms. The maximum absolute atomic E-state index is 11.2. The lowest BCUT2D eigenvalue weighted by atomic mass is 10.1. The lowest BCUT2D eigenvalue weighted by Gasteiger charge is -2.06. The van der Waals surface area contributed by atoms with Crippen LogP contribution < -0.4 is 0 Å². The number of hydrogen-bond acceptors (Lipinski definition) is 4. The van der Waals surface area contributed by atoms with E-state index in [1.54, 1.807) is 19.4 Å². The van der Waals surface area contributed by atoms with E-state index in [9.17, 15) is 4.79 Å². The van der Waals surface area contributed by atoms with Gasteiger partial charge >= 0.3 is 0 Å². The molecule has 0 aliphatic heterocycles. The molecule has 1 aromatic heterocycles. The zero-order chi connectivity index (χ0) is 11.1. The van der Waals surface area contributed by atoms with Crippen molar-refractivity contribution in [1.29, 1.82) is 0 Å². The minimum absolute atomic E-state index is 0.0408. The maximum Gasteiger partial charge on any atom is 0.178 e. The van der Waals surface area contributed by atoms with Gasteiger partial charge in [0.2, 0.25) is 0 Å². The standard InChI is InChI=1S/C11H15NO3/c1-9(13)11-10(4-3-5-12-11)8-15-7-6-14-2/h3-5H,6-8H2,1-2H3. The summed E-state index contributed by atoms with van der Waals surface area (Å²) in [5.41, 5.74) is 1.30. The molecule has 0 aromatic carbocycles.